The van der Waals surface area contributed by atoms with E-state index in [9.17, 15) is 9.59 Å². The standard InChI is InChI=1S/C18H18ClN3O3S/c1-4-20-16(23)11(3)25-18(24)15-9-14-10(2)21-22(17(14)26-15)13-7-5-6-12(19)8-13/h5-9,11H,4H2,1-3H3,(H,20,23)/t11-/m1/s1. The van der Waals surface area contributed by atoms with E-state index in [2.05, 4.69) is 10.4 Å². The molecule has 2 heterocycles. The van der Waals surface area contributed by atoms with Crippen LogP contribution in [0.3, 0.4) is 0 Å². The quantitative estimate of drug-likeness (QED) is 0.672. The summed E-state index contributed by atoms with van der Waals surface area (Å²) in [5.41, 5.74) is 1.61. The number of fused-ring (bicyclic) bond motifs is 1. The molecule has 3 rings (SSSR count). The van der Waals surface area contributed by atoms with E-state index >= 15 is 0 Å². The molecule has 1 N–H and O–H groups in total. The number of likely N-dealkylation sites (N-methyl/N-ethyl adjacent to an activating group) is 1. The van der Waals surface area contributed by atoms with Crippen LogP contribution in [0.25, 0.3) is 15.9 Å². The zero-order chi connectivity index (χ0) is 18.8. The molecule has 136 valence electrons. The maximum absolute atomic E-state index is 12.4. The lowest BCUT2D eigenvalue weighted by Crippen LogP contribution is -2.35. The lowest BCUT2D eigenvalue weighted by atomic mass is 10.3. The lowest BCUT2D eigenvalue weighted by molar-refractivity contribution is -0.128. The summed E-state index contributed by atoms with van der Waals surface area (Å²) in [6.45, 7) is 5.72. The van der Waals surface area contributed by atoms with Crippen molar-refractivity contribution in [3.8, 4) is 5.69 Å². The van der Waals surface area contributed by atoms with Crippen molar-refractivity contribution in [3.05, 3.63) is 45.9 Å². The number of nitrogens with zero attached hydrogens (tertiary/aromatic N) is 2. The molecule has 6 nitrogen and oxygen atoms in total. The Kier molecular flexibility index (Phi) is 5.29. The van der Waals surface area contributed by atoms with Crippen LogP contribution in [-0.2, 0) is 9.53 Å². The number of nitrogens with one attached hydrogen (secondary N) is 1. The molecule has 0 unspecified atom stereocenters. The van der Waals surface area contributed by atoms with Gasteiger partial charge in [0.2, 0.25) is 0 Å². The Balaban J connectivity index is 1.91. The van der Waals surface area contributed by atoms with Gasteiger partial charge in [-0.05, 0) is 45.0 Å². The minimum absolute atomic E-state index is 0.316. The number of carbonyl (C=O) groups is 2. The topological polar surface area (TPSA) is 73.2 Å². The number of rotatable bonds is 5. The maximum atomic E-state index is 12.4. The zero-order valence-corrected chi connectivity index (χ0v) is 16.1. The number of aromatic nitrogens is 2. The molecule has 3 aromatic rings. The monoisotopic (exact) mass is 391 g/mol. The van der Waals surface area contributed by atoms with E-state index < -0.39 is 12.1 Å². The van der Waals surface area contributed by atoms with Gasteiger partial charge in [-0.2, -0.15) is 5.10 Å². The summed E-state index contributed by atoms with van der Waals surface area (Å²) in [7, 11) is 0. The van der Waals surface area contributed by atoms with E-state index in [1.54, 1.807) is 23.7 Å². The first-order valence-corrected chi connectivity index (χ1v) is 9.34. The Morgan fingerprint density at radius 1 is 1.38 bits per heavy atom. The molecule has 0 fully saturated rings. The van der Waals surface area contributed by atoms with Crippen LogP contribution < -0.4 is 5.32 Å². The molecule has 1 amide bonds. The van der Waals surface area contributed by atoms with Crippen LogP contribution in [0, 0.1) is 6.92 Å². The van der Waals surface area contributed by atoms with Gasteiger partial charge in [-0.25, -0.2) is 9.48 Å². The van der Waals surface area contributed by atoms with E-state index in [-0.39, 0.29) is 5.91 Å². The van der Waals surface area contributed by atoms with E-state index in [0.29, 0.717) is 16.4 Å². The van der Waals surface area contributed by atoms with Gasteiger partial charge in [0, 0.05) is 17.0 Å². The largest absolute Gasteiger partial charge is 0.448 e. The lowest BCUT2D eigenvalue weighted by Gasteiger charge is -2.11. The maximum Gasteiger partial charge on any atom is 0.349 e. The third kappa shape index (κ3) is 3.59. The highest BCUT2D eigenvalue weighted by Gasteiger charge is 2.22. The van der Waals surface area contributed by atoms with E-state index in [4.69, 9.17) is 16.3 Å². The highest BCUT2D eigenvalue weighted by Crippen LogP contribution is 2.31. The molecule has 8 heteroatoms. The molecule has 0 saturated carbocycles. The molecule has 0 aliphatic heterocycles. The fourth-order valence-corrected chi connectivity index (χ4v) is 3.77. The number of hydrogen-bond donors (Lipinski definition) is 1. The zero-order valence-electron chi connectivity index (χ0n) is 14.6. The Bertz CT molecular complexity index is 979. The SMILES string of the molecule is CCNC(=O)[C@@H](C)OC(=O)c1cc2c(C)nn(-c3cccc(Cl)c3)c2s1. The summed E-state index contributed by atoms with van der Waals surface area (Å²) < 4.78 is 7.02. The smallest absolute Gasteiger partial charge is 0.349 e. The summed E-state index contributed by atoms with van der Waals surface area (Å²) in [5.74, 6) is -0.842. The van der Waals surface area contributed by atoms with Crippen molar-refractivity contribution in [2.45, 2.75) is 26.9 Å². The van der Waals surface area contributed by atoms with E-state index in [1.165, 1.54) is 11.3 Å². The highest BCUT2D eigenvalue weighted by molar-refractivity contribution is 7.20. The Morgan fingerprint density at radius 2 is 2.15 bits per heavy atom. The molecule has 0 spiro atoms. The van der Waals surface area contributed by atoms with Crippen LogP contribution in [0.15, 0.2) is 30.3 Å². The number of halogens is 1. The molecule has 0 radical (unpaired) electrons. The van der Waals surface area contributed by atoms with Crippen molar-refractivity contribution < 1.29 is 14.3 Å². The average Bonchev–Trinajstić information content (AvgIpc) is 3.16. The fraction of sp³-hybridized carbons (Fsp3) is 0.278. The predicted molar refractivity (Wildman–Crippen MR) is 102 cm³/mol. The minimum atomic E-state index is -0.849. The summed E-state index contributed by atoms with van der Waals surface area (Å²) in [6.07, 6.45) is -0.849. The highest BCUT2D eigenvalue weighted by atomic mass is 35.5. The number of aryl methyl sites for hydroxylation is 1. The summed E-state index contributed by atoms with van der Waals surface area (Å²) in [4.78, 5) is 25.4. The van der Waals surface area contributed by atoms with Crippen molar-refractivity contribution >= 4 is 45.0 Å². The van der Waals surface area contributed by atoms with Crippen LogP contribution >= 0.6 is 22.9 Å². The number of ether oxygens (including phenoxy) is 1. The second-order valence-corrected chi connectivity index (χ2v) is 7.22. The van der Waals surface area contributed by atoms with Crippen LogP contribution in [0.1, 0.15) is 29.2 Å². The Hall–Kier alpha value is -2.38. The van der Waals surface area contributed by atoms with Gasteiger partial charge in [0.05, 0.1) is 11.4 Å². The average molecular weight is 392 g/mol. The Morgan fingerprint density at radius 3 is 2.85 bits per heavy atom. The first-order valence-electron chi connectivity index (χ1n) is 8.14. The second-order valence-electron chi connectivity index (χ2n) is 5.75. The molecular weight excluding hydrogens is 374 g/mol. The third-order valence-corrected chi connectivity index (χ3v) is 5.13. The number of carbonyl (C=O) groups excluding carboxylic acids is 2. The minimum Gasteiger partial charge on any atom is -0.448 e. The molecule has 0 aliphatic rings. The van der Waals surface area contributed by atoms with Gasteiger partial charge in [0.1, 0.15) is 9.71 Å². The van der Waals surface area contributed by atoms with Gasteiger partial charge in [-0.3, -0.25) is 4.79 Å². The number of thiophene rings is 1. The Labute approximate surface area is 159 Å². The first kappa shape index (κ1) is 18.4. The van der Waals surface area contributed by atoms with E-state index in [1.807, 2.05) is 32.0 Å². The van der Waals surface area contributed by atoms with Gasteiger partial charge >= 0.3 is 5.97 Å². The van der Waals surface area contributed by atoms with Crippen LogP contribution in [0.5, 0.6) is 0 Å². The van der Waals surface area contributed by atoms with E-state index in [0.717, 1.165) is 21.6 Å². The van der Waals surface area contributed by atoms with Crippen LogP contribution in [0.4, 0.5) is 0 Å². The van der Waals surface area contributed by atoms with Crippen molar-refractivity contribution in [2.24, 2.45) is 0 Å². The van der Waals surface area contributed by atoms with Gasteiger partial charge in [0.25, 0.3) is 5.91 Å². The fourth-order valence-electron chi connectivity index (χ4n) is 2.52. The van der Waals surface area contributed by atoms with Gasteiger partial charge < -0.3 is 10.1 Å². The van der Waals surface area contributed by atoms with Crippen LogP contribution in [-0.4, -0.2) is 34.3 Å². The molecule has 0 saturated heterocycles. The third-order valence-electron chi connectivity index (χ3n) is 3.80. The molecule has 0 aliphatic carbocycles. The van der Waals surface area contributed by atoms with Crippen LogP contribution in [0.2, 0.25) is 5.02 Å². The summed E-state index contributed by atoms with van der Waals surface area (Å²) >= 11 is 7.34. The number of benzene rings is 1. The van der Waals surface area contributed by atoms with Crippen molar-refractivity contribution in [1.82, 2.24) is 15.1 Å². The number of hydrogen-bond acceptors (Lipinski definition) is 5. The summed E-state index contributed by atoms with van der Waals surface area (Å²) in [6, 6.07) is 9.08. The van der Waals surface area contributed by atoms with Crippen molar-refractivity contribution in [1.29, 1.82) is 0 Å². The second kappa shape index (κ2) is 7.47. The van der Waals surface area contributed by atoms with Gasteiger partial charge in [-0.15, -0.1) is 11.3 Å². The van der Waals surface area contributed by atoms with Crippen molar-refractivity contribution in [3.63, 3.8) is 0 Å². The van der Waals surface area contributed by atoms with Gasteiger partial charge in [0.15, 0.2) is 6.10 Å². The number of esters is 1. The molecule has 1 atom stereocenters. The molecule has 1 aromatic carbocycles. The molecule has 2 aromatic heterocycles. The molecular formula is C18H18ClN3O3S. The summed E-state index contributed by atoms with van der Waals surface area (Å²) in [5, 5.41) is 8.63. The molecule has 0 bridgehead atoms. The number of amides is 1. The first-order chi connectivity index (χ1) is 12.4. The molecule has 26 heavy (non-hydrogen) atoms. The van der Waals surface area contributed by atoms with Gasteiger partial charge in [-0.1, -0.05) is 17.7 Å². The predicted octanol–water partition coefficient (Wildman–Crippen LogP) is 3.73. The van der Waals surface area contributed by atoms with Crippen molar-refractivity contribution in [2.75, 3.05) is 6.54 Å². The normalized spacial score (nSPS) is 12.2.